The molecular formula is C31H18N2S. The summed E-state index contributed by atoms with van der Waals surface area (Å²) in [7, 11) is 0. The zero-order chi connectivity index (χ0) is 22.2. The number of fused-ring (bicyclic) bond motifs is 2. The first-order valence-electron chi connectivity index (χ1n) is 11.5. The first-order chi connectivity index (χ1) is 16.9. The van der Waals surface area contributed by atoms with Crippen LogP contribution in [0.2, 0.25) is 0 Å². The van der Waals surface area contributed by atoms with Crippen molar-refractivity contribution < 1.29 is 0 Å². The van der Waals surface area contributed by atoms with Gasteiger partial charge in [-0.2, -0.15) is 0 Å². The van der Waals surface area contributed by atoms with Gasteiger partial charge in [-0.3, -0.25) is 4.57 Å². The topological polar surface area (TPSA) is 17.8 Å². The molecule has 0 bridgehead atoms. The molecule has 2 nitrogen and oxygen atoms in total. The highest BCUT2D eigenvalue weighted by atomic mass is 32.1. The molecule has 3 aromatic heterocycles. The second-order valence-electron chi connectivity index (χ2n) is 8.77. The van der Waals surface area contributed by atoms with Crippen LogP contribution in [0.15, 0.2) is 109 Å². The van der Waals surface area contributed by atoms with Crippen molar-refractivity contribution >= 4 is 42.4 Å². The summed E-state index contributed by atoms with van der Waals surface area (Å²) in [4.78, 5) is 4.79. The van der Waals surface area contributed by atoms with E-state index in [9.17, 15) is 0 Å². The molecule has 0 atom stereocenters. The van der Waals surface area contributed by atoms with Gasteiger partial charge in [-0.1, -0.05) is 72.8 Å². The highest BCUT2D eigenvalue weighted by molar-refractivity contribution is 7.26. The van der Waals surface area contributed by atoms with Crippen LogP contribution in [0.4, 0.5) is 0 Å². The van der Waals surface area contributed by atoms with Gasteiger partial charge in [0.1, 0.15) is 5.82 Å². The van der Waals surface area contributed by atoms with E-state index in [0.717, 1.165) is 5.82 Å². The molecule has 1 aliphatic carbocycles. The Labute approximate surface area is 200 Å². The third kappa shape index (κ3) is 2.27. The maximum Gasteiger partial charge on any atom is 0.137 e. The van der Waals surface area contributed by atoms with Crippen molar-refractivity contribution in [3.05, 3.63) is 109 Å². The second-order valence-corrected chi connectivity index (χ2v) is 9.86. The van der Waals surface area contributed by atoms with Crippen molar-refractivity contribution in [3.63, 3.8) is 0 Å². The zero-order valence-electron chi connectivity index (χ0n) is 18.2. The molecule has 3 heterocycles. The smallest absolute Gasteiger partial charge is 0.137 e. The molecular weight excluding hydrogens is 432 g/mol. The van der Waals surface area contributed by atoms with Gasteiger partial charge in [-0.05, 0) is 52.6 Å². The first kappa shape index (κ1) is 18.2. The van der Waals surface area contributed by atoms with Crippen LogP contribution in [0.3, 0.4) is 0 Å². The molecule has 0 saturated heterocycles. The molecule has 7 aromatic rings. The van der Waals surface area contributed by atoms with E-state index in [2.05, 4.69) is 102 Å². The number of hydrogen-bond acceptors (Lipinski definition) is 2. The minimum absolute atomic E-state index is 0.936. The van der Waals surface area contributed by atoms with Gasteiger partial charge in [0.05, 0.1) is 11.2 Å². The lowest BCUT2D eigenvalue weighted by Gasteiger charge is -2.13. The fraction of sp³-hybridized carbons (Fsp3) is 0. The lowest BCUT2D eigenvalue weighted by molar-refractivity contribution is 1.05. The van der Waals surface area contributed by atoms with Crippen LogP contribution in [-0.4, -0.2) is 9.55 Å². The summed E-state index contributed by atoms with van der Waals surface area (Å²) in [6.45, 7) is 0. The molecule has 0 amide bonds. The van der Waals surface area contributed by atoms with Crippen molar-refractivity contribution in [2.24, 2.45) is 0 Å². The quantitative estimate of drug-likeness (QED) is 0.257. The lowest BCUT2D eigenvalue weighted by Crippen LogP contribution is -2.00. The minimum Gasteiger partial charge on any atom is -0.293 e. The molecule has 1 aliphatic rings. The minimum atomic E-state index is 0.936. The molecule has 34 heavy (non-hydrogen) atoms. The number of rotatable bonds is 2. The number of pyridine rings is 1. The molecule has 8 rings (SSSR count). The Balaban J connectivity index is 1.69. The van der Waals surface area contributed by atoms with Crippen LogP contribution in [0.1, 0.15) is 0 Å². The first-order valence-corrected chi connectivity index (χ1v) is 12.3. The van der Waals surface area contributed by atoms with E-state index < -0.39 is 0 Å². The van der Waals surface area contributed by atoms with Gasteiger partial charge in [-0.25, -0.2) is 4.98 Å². The van der Waals surface area contributed by atoms with E-state index in [4.69, 9.17) is 4.98 Å². The number of hydrogen-bond donors (Lipinski definition) is 0. The van der Waals surface area contributed by atoms with Gasteiger partial charge in [0, 0.05) is 37.3 Å². The Kier molecular flexibility index (Phi) is 3.57. The van der Waals surface area contributed by atoms with E-state index in [1.54, 1.807) is 0 Å². The summed E-state index contributed by atoms with van der Waals surface area (Å²) in [6, 6.07) is 37.1. The molecule has 4 aromatic carbocycles. The lowest BCUT2D eigenvalue weighted by atomic mass is 9.95. The fourth-order valence-electron chi connectivity index (χ4n) is 5.72. The van der Waals surface area contributed by atoms with Crippen molar-refractivity contribution in [3.8, 4) is 39.3 Å². The Bertz CT molecular complexity index is 1890. The van der Waals surface area contributed by atoms with Crippen LogP contribution in [0.25, 0.3) is 70.4 Å². The number of thiophene rings is 1. The van der Waals surface area contributed by atoms with E-state index >= 15 is 0 Å². The molecule has 0 aliphatic heterocycles. The molecule has 0 fully saturated rings. The second kappa shape index (κ2) is 6.66. The van der Waals surface area contributed by atoms with Crippen molar-refractivity contribution in [2.45, 2.75) is 0 Å². The summed E-state index contributed by atoms with van der Waals surface area (Å²) in [5.41, 5.74) is 8.79. The normalized spacial score (nSPS) is 12.1. The predicted molar refractivity (Wildman–Crippen MR) is 144 cm³/mol. The highest BCUT2D eigenvalue weighted by Crippen LogP contribution is 2.54. The SMILES string of the molecule is c1ccc(-c2c3c4c(cccc4n2-c2ccccn2)-c2cccc4sc5cccc-3c5c24)cc1. The summed E-state index contributed by atoms with van der Waals surface area (Å²) >= 11 is 1.89. The van der Waals surface area contributed by atoms with Gasteiger partial charge >= 0.3 is 0 Å². The Morgan fingerprint density at radius 2 is 1.24 bits per heavy atom. The maximum atomic E-state index is 4.79. The maximum absolute atomic E-state index is 4.79. The summed E-state index contributed by atoms with van der Waals surface area (Å²) in [6.07, 6.45) is 1.88. The van der Waals surface area contributed by atoms with Crippen LogP contribution >= 0.6 is 11.3 Å². The molecule has 3 heteroatoms. The van der Waals surface area contributed by atoms with Gasteiger partial charge in [-0.15, -0.1) is 11.3 Å². The van der Waals surface area contributed by atoms with Crippen molar-refractivity contribution in [1.29, 1.82) is 0 Å². The average molecular weight is 451 g/mol. The molecule has 158 valence electrons. The van der Waals surface area contributed by atoms with Gasteiger partial charge in [0.15, 0.2) is 0 Å². The van der Waals surface area contributed by atoms with E-state index in [-0.39, 0.29) is 0 Å². The average Bonchev–Trinajstić information content (AvgIpc) is 3.42. The fourth-order valence-corrected chi connectivity index (χ4v) is 6.88. The Hall–Kier alpha value is -4.21. The highest BCUT2D eigenvalue weighted by Gasteiger charge is 2.29. The summed E-state index contributed by atoms with van der Waals surface area (Å²) in [5.74, 6) is 0.936. The number of aromatic nitrogens is 2. The molecule has 0 saturated carbocycles. The van der Waals surface area contributed by atoms with Crippen molar-refractivity contribution in [2.75, 3.05) is 0 Å². The Morgan fingerprint density at radius 3 is 2.00 bits per heavy atom. The molecule has 0 unspecified atom stereocenters. The Morgan fingerprint density at radius 1 is 0.559 bits per heavy atom. The van der Waals surface area contributed by atoms with Crippen LogP contribution < -0.4 is 0 Å². The third-order valence-corrected chi connectivity index (χ3v) is 8.12. The monoisotopic (exact) mass is 450 g/mol. The molecule has 0 N–H and O–H groups in total. The predicted octanol–water partition coefficient (Wildman–Crippen LogP) is 8.71. The van der Waals surface area contributed by atoms with Gasteiger partial charge < -0.3 is 0 Å². The standard InChI is InChI=1S/C31H18N2S/c1-2-9-19(10-3-1)31-30-22-13-8-16-25-29(22)28-21(12-7-15-24(28)34-25)20-11-6-14-23(27(20)30)33(31)26-17-4-5-18-32-26/h1-18H. The summed E-state index contributed by atoms with van der Waals surface area (Å²) < 4.78 is 5.03. The van der Waals surface area contributed by atoms with Crippen LogP contribution in [-0.2, 0) is 0 Å². The van der Waals surface area contributed by atoms with Gasteiger partial charge in [0.25, 0.3) is 0 Å². The molecule has 0 spiro atoms. The largest absolute Gasteiger partial charge is 0.293 e. The van der Waals surface area contributed by atoms with Crippen LogP contribution in [0.5, 0.6) is 0 Å². The number of benzene rings is 4. The third-order valence-electron chi connectivity index (χ3n) is 7.00. The van der Waals surface area contributed by atoms with E-state index in [0.29, 0.717) is 0 Å². The van der Waals surface area contributed by atoms with E-state index in [1.165, 1.54) is 64.6 Å². The van der Waals surface area contributed by atoms with Crippen LogP contribution in [0, 0.1) is 0 Å². The molecule has 0 radical (unpaired) electrons. The van der Waals surface area contributed by atoms with E-state index in [1.807, 2.05) is 23.6 Å². The number of nitrogens with zero attached hydrogens (tertiary/aromatic N) is 2. The van der Waals surface area contributed by atoms with Gasteiger partial charge in [0.2, 0.25) is 0 Å². The van der Waals surface area contributed by atoms with Crippen molar-refractivity contribution in [1.82, 2.24) is 9.55 Å². The zero-order valence-corrected chi connectivity index (χ0v) is 19.0. The summed E-state index contributed by atoms with van der Waals surface area (Å²) in [5, 5.41) is 4.05.